The molecule has 1 amide bonds. The van der Waals surface area contributed by atoms with Gasteiger partial charge in [0.2, 0.25) is 0 Å². The third-order valence-corrected chi connectivity index (χ3v) is 3.43. The normalized spacial score (nSPS) is 16.1. The predicted octanol–water partition coefficient (Wildman–Crippen LogP) is 3.10. The molecule has 1 aromatic rings. The van der Waals surface area contributed by atoms with Gasteiger partial charge in [-0.15, -0.1) is 0 Å². The van der Waals surface area contributed by atoms with Crippen LogP contribution in [0.1, 0.15) is 37.7 Å². The van der Waals surface area contributed by atoms with E-state index in [1.165, 1.54) is 6.42 Å². The Balaban J connectivity index is 1.80. The number of aliphatic hydroxyl groups excluding tert-OH is 1. The van der Waals surface area contributed by atoms with E-state index in [1.807, 2.05) is 24.3 Å². The number of anilines is 1. The second-order valence-electron chi connectivity index (χ2n) is 4.96. The van der Waals surface area contributed by atoms with Crippen molar-refractivity contribution in [2.24, 2.45) is 0 Å². The molecule has 19 heavy (non-hydrogen) atoms. The Hall–Kier alpha value is -1.55. The quantitative estimate of drug-likeness (QED) is 0.877. The minimum absolute atomic E-state index is 0.0717. The maximum atomic E-state index is 11.7. The second kappa shape index (κ2) is 7.14. The van der Waals surface area contributed by atoms with Gasteiger partial charge in [-0.25, -0.2) is 4.79 Å². The first kappa shape index (κ1) is 13.9. The van der Waals surface area contributed by atoms with E-state index in [2.05, 4.69) is 5.32 Å². The van der Waals surface area contributed by atoms with Crippen LogP contribution in [0.2, 0.25) is 0 Å². The van der Waals surface area contributed by atoms with Crippen LogP contribution in [0.15, 0.2) is 24.3 Å². The summed E-state index contributed by atoms with van der Waals surface area (Å²) < 4.78 is 5.38. The number of benzene rings is 1. The van der Waals surface area contributed by atoms with Crippen molar-refractivity contribution in [1.29, 1.82) is 0 Å². The van der Waals surface area contributed by atoms with Crippen LogP contribution >= 0.6 is 0 Å². The molecule has 1 aliphatic rings. The lowest BCUT2D eigenvalue weighted by atomic mass is 9.98. The number of carbonyl (C=O) groups excluding carboxylic acids is 1. The standard InChI is InChI=1S/C15H21NO3/c17-11-10-12-6-8-13(9-7-12)16-15(18)19-14-4-2-1-3-5-14/h6-9,14,17H,1-5,10-11H2,(H,16,18). The number of hydrogen-bond donors (Lipinski definition) is 2. The zero-order chi connectivity index (χ0) is 13.5. The van der Waals surface area contributed by atoms with Crippen LogP contribution in [0, 0.1) is 0 Å². The van der Waals surface area contributed by atoms with Crippen molar-refractivity contribution in [1.82, 2.24) is 0 Å². The molecule has 0 atom stereocenters. The summed E-state index contributed by atoms with van der Waals surface area (Å²) in [5, 5.41) is 11.6. The Morgan fingerprint density at radius 3 is 2.53 bits per heavy atom. The summed E-state index contributed by atoms with van der Waals surface area (Å²) >= 11 is 0. The van der Waals surface area contributed by atoms with Gasteiger partial charge in [-0.3, -0.25) is 5.32 Å². The van der Waals surface area contributed by atoms with Crippen LogP contribution in [-0.4, -0.2) is 23.9 Å². The molecular weight excluding hydrogens is 242 g/mol. The highest BCUT2D eigenvalue weighted by Gasteiger charge is 2.17. The van der Waals surface area contributed by atoms with Gasteiger partial charge < -0.3 is 9.84 Å². The molecule has 1 fully saturated rings. The van der Waals surface area contributed by atoms with Crippen molar-refractivity contribution < 1.29 is 14.6 Å². The van der Waals surface area contributed by atoms with E-state index < -0.39 is 0 Å². The average Bonchev–Trinajstić information content (AvgIpc) is 2.42. The molecule has 104 valence electrons. The first-order valence-corrected chi connectivity index (χ1v) is 6.95. The number of amides is 1. The third kappa shape index (κ3) is 4.56. The van der Waals surface area contributed by atoms with Crippen LogP contribution < -0.4 is 5.32 Å². The highest BCUT2D eigenvalue weighted by molar-refractivity contribution is 5.84. The largest absolute Gasteiger partial charge is 0.446 e. The van der Waals surface area contributed by atoms with Crippen molar-refractivity contribution in [3.8, 4) is 0 Å². The van der Waals surface area contributed by atoms with Crippen molar-refractivity contribution in [3.63, 3.8) is 0 Å². The third-order valence-electron chi connectivity index (χ3n) is 3.43. The fourth-order valence-electron chi connectivity index (χ4n) is 2.37. The number of rotatable bonds is 4. The van der Waals surface area contributed by atoms with Gasteiger partial charge in [-0.05, 0) is 49.8 Å². The number of hydrogen-bond acceptors (Lipinski definition) is 3. The molecule has 0 spiro atoms. The molecule has 4 nitrogen and oxygen atoms in total. The molecular formula is C15H21NO3. The first-order valence-electron chi connectivity index (χ1n) is 6.95. The van der Waals surface area contributed by atoms with Gasteiger partial charge in [0.25, 0.3) is 0 Å². The number of ether oxygens (including phenoxy) is 1. The summed E-state index contributed by atoms with van der Waals surface area (Å²) in [6.45, 7) is 0.135. The highest BCUT2D eigenvalue weighted by atomic mass is 16.6. The molecule has 1 aromatic carbocycles. The maximum absolute atomic E-state index is 11.7. The molecule has 0 heterocycles. The lowest BCUT2D eigenvalue weighted by Gasteiger charge is -2.21. The van der Waals surface area contributed by atoms with Crippen molar-refractivity contribution in [3.05, 3.63) is 29.8 Å². The summed E-state index contributed by atoms with van der Waals surface area (Å²) in [5.74, 6) is 0. The molecule has 1 saturated carbocycles. The molecule has 0 radical (unpaired) electrons. The van der Waals surface area contributed by atoms with Gasteiger partial charge in [0.1, 0.15) is 6.10 Å². The fourth-order valence-corrected chi connectivity index (χ4v) is 2.37. The van der Waals surface area contributed by atoms with E-state index >= 15 is 0 Å². The molecule has 4 heteroatoms. The summed E-state index contributed by atoms with van der Waals surface area (Å²) in [7, 11) is 0. The Labute approximate surface area is 113 Å². The topological polar surface area (TPSA) is 58.6 Å². The Morgan fingerprint density at radius 2 is 1.89 bits per heavy atom. The molecule has 2 N–H and O–H groups in total. The summed E-state index contributed by atoms with van der Waals surface area (Å²) in [6.07, 6.45) is 5.82. The van der Waals surface area contributed by atoms with Gasteiger partial charge in [-0.2, -0.15) is 0 Å². The van der Waals surface area contributed by atoms with Gasteiger partial charge in [0, 0.05) is 12.3 Å². The highest BCUT2D eigenvalue weighted by Crippen LogP contribution is 2.21. The summed E-state index contributed by atoms with van der Waals surface area (Å²) in [6, 6.07) is 7.44. The van der Waals surface area contributed by atoms with Gasteiger partial charge in [0.05, 0.1) is 0 Å². The lowest BCUT2D eigenvalue weighted by molar-refractivity contribution is 0.0865. The molecule has 0 aliphatic heterocycles. The minimum Gasteiger partial charge on any atom is -0.446 e. The van der Waals surface area contributed by atoms with Crippen LogP contribution in [0.3, 0.4) is 0 Å². The molecule has 0 bridgehead atoms. The minimum atomic E-state index is -0.373. The number of carbonyl (C=O) groups is 1. The zero-order valence-electron chi connectivity index (χ0n) is 11.1. The maximum Gasteiger partial charge on any atom is 0.411 e. The second-order valence-corrected chi connectivity index (χ2v) is 4.96. The monoisotopic (exact) mass is 263 g/mol. The SMILES string of the molecule is O=C(Nc1ccc(CCO)cc1)OC1CCCCC1. The predicted molar refractivity (Wildman–Crippen MR) is 74.2 cm³/mol. The Kier molecular flexibility index (Phi) is 5.21. The van der Waals surface area contributed by atoms with E-state index in [0.29, 0.717) is 6.42 Å². The van der Waals surface area contributed by atoms with E-state index in [0.717, 1.165) is 36.9 Å². The summed E-state index contributed by atoms with van der Waals surface area (Å²) in [5.41, 5.74) is 1.77. The van der Waals surface area contributed by atoms with Gasteiger partial charge in [-0.1, -0.05) is 18.6 Å². The molecule has 2 rings (SSSR count). The smallest absolute Gasteiger partial charge is 0.411 e. The van der Waals surface area contributed by atoms with Crippen LogP contribution in [-0.2, 0) is 11.2 Å². The van der Waals surface area contributed by atoms with Crippen LogP contribution in [0.25, 0.3) is 0 Å². The van der Waals surface area contributed by atoms with Crippen LogP contribution in [0.5, 0.6) is 0 Å². The van der Waals surface area contributed by atoms with Gasteiger partial charge in [0.15, 0.2) is 0 Å². The molecule has 0 saturated heterocycles. The summed E-state index contributed by atoms with van der Waals surface area (Å²) in [4.78, 5) is 11.7. The molecule has 1 aliphatic carbocycles. The lowest BCUT2D eigenvalue weighted by Crippen LogP contribution is -2.24. The molecule has 0 aromatic heterocycles. The number of nitrogens with one attached hydrogen (secondary N) is 1. The first-order chi connectivity index (χ1) is 9.28. The van der Waals surface area contributed by atoms with E-state index in [9.17, 15) is 4.79 Å². The van der Waals surface area contributed by atoms with Crippen molar-refractivity contribution in [2.75, 3.05) is 11.9 Å². The average molecular weight is 263 g/mol. The van der Waals surface area contributed by atoms with Gasteiger partial charge >= 0.3 is 6.09 Å². The zero-order valence-corrected chi connectivity index (χ0v) is 11.1. The van der Waals surface area contributed by atoms with Crippen molar-refractivity contribution >= 4 is 11.8 Å². The van der Waals surface area contributed by atoms with Crippen LogP contribution in [0.4, 0.5) is 10.5 Å². The Bertz CT molecular complexity index is 396. The number of aliphatic hydroxyl groups is 1. The van der Waals surface area contributed by atoms with E-state index in [-0.39, 0.29) is 18.8 Å². The fraction of sp³-hybridized carbons (Fsp3) is 0.533. The van der Waals surface area contributed by atoms with E-state index in [4.69, 9.17) is 9.84 Å². The van der Waals surface area contributed by atoms with Crippen molar-refractivity contribution in [2.45, 2.75) is 44.6 Å². The Morgan fingerprint density at radius 1 is 1.21 bits per heavy atom. The van der Waals surface area contributed by atoms with E-state index in [1.54, 1.807) is 0 Å². The molecule has 0 unspecified atom stereocenters.